The van der Waals surface area contributed by atoms with E-state index in [-0.39, 0.29) is 0 Å². The highest BCUT2D eigenvalue weighted by Crippen LogP contribution is 2.34. The molecule has 0 N–H and O–H groups in total. The highest BCUT2D eigenvalue weighted by Gasteiger charge is 2.45. The lowest BCUT2D eigenvalue weighted by Crippen LogP contribution is -2.65. The van der Waals surface area contributed by atoms with Crippen molar-refractivity contribution in [3.63, 3.8) is 0 Å². The molecule has 0 fully saturated rings. The fourth-order valence-electron chi connectivity index (χ4n) is 5.86. The van der Waals surface area contributed by atoms with Crippen LogP contribution in [-0.4, -0.2) is 92.0 Å². The molecule has 0 saturated heterocycles. The van der Waals surface area contributed by atoms with E-state index in [0.29, 0.717) is 0 Å². The minimum atomic E-state index is -3.23. The summed E-state index contributed by atoms with van der Waals surface area (Å²) >= 11 is 8.55. The summed E-state index contributed by atoms with van der Waals surface area (Å²) in [5, 5.41) is 3.56. The van der Waals surface area contributed by atoms with Crippen molar-refractivity contribution in [3.8, 4) is 0 Å². The minimum Gasteiger partial charge on any atom is -0.378 e. The maximum Gasteiger partial charge on any atom is 0.254 e. The van der Waals surface area contributed by atoms with E-state index in [4.69, 9.17) is 11.1 Å². The molecule has 41 heavy (non-hydrogen) atoms. The Labute approximate surface area is 255 Å². The van der Waals surface area contributed by atoms with Gasteiger partial charge in [-0.15, -0.1) is 11.1 Å². The Hall–Kier alpha value is -3.03. The highest BCUT2D eigenvalue weighted by atomic mass is 35.6. The SMILES string of the molecule is Cc1cc(N(C)C)c([Si](Cl)(c2cc(N(C)C)c(C)cc2N(C)C)c2cc(N(C)C)c(C)cc2N(C)C)cc1N(C)C. The minimum absolute atomic E-state index is 1.16. The second kappa shape index (κ2) is 12.1. The molecule has 224 valence electrons. The lowest BCUT2D eigenvalue weighted by atomic mass is 10.1. The van der Waals surface area contributed by atoms with Crippen LogP contribution in [0.3, 0.4) is 0 Å². The van der Waals surface area contributed by atoms with Gasteiger partial charge in [0, 0.05) is 119 Å². The third kappa shape index (κ3) is 5.98. The topological polar surface area (TPSA) is 19.4 Å². The lowest BCUT2D eigenvalue weighted by Gasteiger charge is -2.38. The van der Waals surface area contributed by atoms with Crippen LogP contribution in [0.1, 0.15) is 16.7 Å². The van der Waals surface area contributed by atoms with Crippen LogP contribution in [0.4, 0.5) is 34.1 Å². The molecular formula is C33H51ClN6Si. The van der Waals surface area contributed by atoms with E-state index >= 15 is 0 Å². The third-order valence-electron chi connectivity index (χ3n) is 7.95. The fourth-order valence-corrected chi connectivity index (χ4v) is 11.0. The van der Waals surface area contributed by atoms with Crippen molar-refractivity contribution in [1.29, 1.82) is 0 Å². The maximum absolute atomic E-state index is 8.55. The van der Waals surface area contributed by atoms with Crippen LogP contribution < -0.4 is 45.0 Å². The molecule has 0 aliphatic heterocycles. The third-order valence-corrected chi connectivity index (χ3v) is 13.2. The summed E-state index contributed by atoms with van der Waals surface area (Å²) in [5.74, 6) is 0. The lowest BCUT2D eigenvalue weighted by molar-refractivity contribution is 1.09. The molecule has 0 saturated carbocycles. The zero-order chi connectivity index (χ0) is 31.1. The first kappa shape index (κ1) is 32.5. The van der Waals surface area contributed by atoms with Crippen molar-refractivity contribution < 1.29 is 0 Å². The van der Waals surface area contributed by atoms with Crippen LogP contribution in [0.2, 0.25) is 0 Å². The Kier molecular flexibility index (Phi) is 9.56. The van der Waals surface area contributed by atoms with Gasteiger partial charge in [0.2, 0.25) is 0 Å². The van der Waals surface area contributed by atoms with Gasteiger partial charge in [-0.2, -0.15) is 0 Å². The van der Waals surface area contributed by atoms with Crippen molar-refractivity contribution in [2.45, 2.75) is 20.8 Å². The number of benzene rings is 3. The van der Waals surface area contributed by atoms with E-state index in [2.05, 4.69) is 171 Å². The number of hydrogen-bond donors (Lipinski definition) is 0. The van der Waals surface area contributed by atoms with E-state index in [1.165, 1.54) is 49.3 Å². The van der Waals surface area contributed by atoms with Gasteiger partial charge in [0.1, 0.15) is 0 Å². The molecule has 3 aromatic rings. The van der Waals surface area contributed by atoms with E-state index in [1.807, 2.05) is 0 Å². The standard InChI is InChI=1S/C33H51ClN6Si/c1-22-16-28(38(10)11)31(19-25(22)35(4)5)41(34,32-20-26(36(6)7)23(2)17-29(32)39(12)13)33-21-27(37(8)9)24(3)18-30(33)40(14)15/h16-21H,1-15H3. The van der Waals surface area contributed by atoms with Crippen molar-refractivity contribution in [2.75, 3.05) is 114 Å². The van der Waals surface area contributed by atoms with Crippen molar-refractivity contribution in [1.82, 2.24) is 0 Å². The number of hydrogen-bond acceptors (Lipinski definition) is 6. The number of anilines is 6. The normalized spacial score (nSPS) is 11.4. The number of halogens is 1. The summed E-state index contributed by atoms with van der Waals surface area (Å²) < 4.78 is 0. The average Bonchev–Trinajstić information content (AvgIpc) is 2.86. The van der Waals surface area contributed by atoms with Crippen LogP contribution in [0.5, 0.6) is 0 Å². The molecule has 6 nitrogen and oxygen atoms in total. The predicted octanol–water partition coefficient (Wildman–Crippen LogP) is 4.21. The first-order valence-corrected chi connectivity index (χ1v) is 17.1. The van der Waals surface area contributed by atoms with Gasteiger partial charge in [0.15, 0.2) is 0 Å². The Morgan fingerprint density at radius 3 is 0.732 bits per heavy atom. The summed E-state index contributed by atoms with van der Waals surface area (Å²) in [6, 6.07) is 14.0. The zero-order valence-corrected chi connectivity index (χ0v) is 29.8. The molecule has 3 aromatic carbocycles. The quantitative estimate of drug-likeness (QED) is 0.208. The maximum atomic E-state index is 8.55. The van der Waals surface area contributed by atoms with Crippen LogP contribution in [0, 0.1) is 20.8 Å². The Morgan fingerprint density at radius 2 is 0.561 bits per heavy atom. The molecular weight excluding hydrogens is 544 g/mol. The number of aryl methyl sites for hydroxylation is 3. The summed E-state index contributed by atoms with van der Waals surface area (Å²) in [6.45, 7) is 6.56. The molecule has 0 aliphatic rings. The van der Waals surface area contributed by atoms with Crippen LogP contribution >= 0.6 is 11.1 Å². The van der Waals surface area contributed by atoms with E-state index < -0.39 is 7.38 Å². The first-order valence-electron chi connectivity index (χ1n) is 14.1. The molecule has 0 amide bonds. The van der Waals surface area contributed by atoms with E-state index in [1.54, 1.807) is 0 Å². The van der Waals surface area contributed by atoms with Gasteiger partial charge >= 0.3 is 0 Å². The van der Waals surface area contributed by atoms with E-state index in [0.717, 1.165) is 17.1 Å². The van der Waals surface area contributed by atoms with Gasteiger partial charge in [-0.1, -0.05) is 0 Å². The largest absolute Gasteiger partial charge is 0.378 e. The summed E-state index contributed by atoms with van der Waals surface area (Å²) in [5.41, 5.74) is 10.7. The van der Waals surface area contributed by atoms with E-state index in [9.17, 15) is 0 Å². The second-order valence-corrected chi connectivity index (χ2v) is 17.1. The van der Waals surface area contributed by atoms with Crippen molar-refractivity contribution in [2.24, 2.45) is 0 Å². The van der Waals surface area contributed by atoms with Gasteiger partial charge in [0.05, 0.1) is 0 Å². The number of nitrogens with zero attached hydrogens (tertiary/aromatic N) is 6. The Balaban J connectivity index is 2.74. The molecule has 0 radical (unpaired) electrons. The molecule has 0 aliphatic carbocycles. The molecule has 0 atom stereocenters. The fraction of sp³-hybridized carbons (Fsp3) is 0.455. The van der Waals surface area contributed by atoms with Crippen LogP contribution in [0.15, 0.2) is 36.4 Å². The zero-order valence-electron chi connectivity index (χ0n) is 28.0. The highest BCUT2D eigenvalue weighted by molar-refractivity contribution is 7.41. The molecule has 3 rings (SSSR count). The van der Waals surface area contributed by atoms with Gasteiger partial charge < -0.3 is 29.4 Å². The van der Waals surface area contributed by atoms with Gasteiger partial charge in [-0.3, -0.25) is 0 Å². The molecule has 8 heteroatoms. The Morgan fingerprint density at radius 1 is 0.366 bits per heavy atom. The smallest absolute Gasteiger partial charge is 0.254 e. The summed E-state index contributed by atoms with van der Waals surface area (Å²) in [7, 11) is 22.2. The molecule has 0 aromatic heterocycles. The van der Waals surface area contributed by atoms with Crippen LogP contribution in [-0.2, 0) is 0 Å². The monoisotopic (exact) mass is 594 g/mol. The van der Waals surface area contributed by atoms with Gasteiger partial charge in [-0.25, -0.2) is 0 Å². The second-order valence-electron chi connectivity index (χ2n) is 12.5. The number of rotatable bonds is 9. The molecule has 0 spiro atoms. The summed E-state index contributed by atoms with van der Waals surface area (Å²) in [4.78, 5) is 13.3. The van der Waals surface area contributed by atoms with Crippen molar-refractivity contribution in [3.05, 3.63) is 53.1 Å². The van der Waals surface area contributed by atoms with Crippen LogP contribution in [0.25, 0.3) is 0 Å². The summed E-state index contributed by atoms with van der Waals surface area (Å²) in [6.07, 6.45) is 0. The Bertz CT molecular complexity index is 1240. The molecule has 0 unspecified atom stereocenters. The van der Waals surface area contributed by atoms with Gasteiger partial charge in [0.25, 0.3) is 7.38 Å². The average molecular weight is 595 g/mol. The van der Waals surface area contributed by atoms with Gasteiger partial charge in [-0.05, 0) is 89.4 Å². The van der Waals surface area contributed by atoms with Crippen molar-refractivity contribution >= 4 is 68.1 Å². The molecule has 0 heterocycles. The first-order chi connectivity index (χ1) is 18.9. The molecule has 0 bridgehead atoms. The predicted molar refractivity (Wildman–Crippen MR) is 190 cm³/mol.